The lowest BCUT2D eigenvalue weighted by molar-refractivity contribution is -0.135. The first-order chi connectivity index (χ1) is 13.4. The number of anilines is 1. The number of hydrogen-bond donors (Lipinski definition) is 1. The maximum Gasteiger partial charge on any atom is 0.232 e. The molecule has 5 heteroatoms. The Morgan fingerprint density at radius 3 is 2.46 bits per heavy atom. The van der Waals surface area contributed by atoms with Crippen LogP contribution in [0.5, 0.6) is 0 Å². The number of aryl methyl sites for hydroxylation is 1. The normalized spacial score (nSPS) is 15.1. The quantitative estimate of drug-likeness (QED) is 0.830. The Balaban J connectivity index is 1.78. The Kier molecular flexibility index (Phi) is 5.79. The van der Waals surface area contributed by atoms with Crippen molar-refractivity contribution in [1.29, 1.82) is 5.26 Å². The van der Waals surface area contributed by atoms with Gasteiger partial charge in [-0.25, -0.2) is 0 Å². The van der Waals surface area contributed by atoms with Gasteiger partial charge in [0.2, 0.25) is 11.8 Å². The van der Waals surface area contributed by atoms with E-state index in [4.69, 9.17) is 5.26 Å². The standard InChI is InChI=1S/C23H25N3O2/c1-4-16-9-10-21-19(11-16)20(23(28)25-21)12-22(27)26(15(2)3)14-18-7-5-17(13-24)6-8-18/h5-11,15,20H,4,12,14H2,1-3H3,(H,25,28). The molecule has 2 aromatic rings. The first-order valence-electron chi connectivity index (χ1n) is 9.65. The third-order valence-corrected chi connectivity index (χ3v) is 5.23. The summed E-state index contributed by atoms with van der Waals surface area (Å²) in [6, 6.07) is 15.3. The summed E-state index contributed by atoms with van der Waals surface area (Å²) in [7, 11) is 0. The second kappa shape index (κ2) is 8.26. The lowest BCUT2D eigenvalue weighted by Crippen LogP contribution is -2.37. The van der Waals surface area contributed by atoms with Gasteiger partial charge in [0.05, 0.1) is 17.6 Å². The largest absolute Gasteiger partial charge is 0.336 e. The van der Waals surface area contributed by atoms with E-state index >= 15 is 0 Å². The molecule has 0 radical (unpaired) electrons. The number of benzene rings is 2. The highest BCUT2D eigenvalue weighted by atomic mass is 16.2. The average Bonchev–Trinajstić information content (AvgIpc) is 3.00. The minimum Gasteiger partial charge on any atom is -0.336 e. The van der Waals surface area contributed by atoms with E-state index in [1.807, 2.05) is 44.2 Å². The van der Waals surface area contributed by atoms with E-state index < -0.39 is 5.92 Å². The zero-order chi connectivity index (χ0) is 20.3. The summed E-state index contributed by atoms with van der Waals surface area (Å²) in [6.07, 6.45) is 1.04. The molecular formula is C23H25N3O2. The molecular weight excluding hydrogens is 350 g/mol. The van der Waals surface area contributed by atoms with Gasteiger partial charge in [-0.1, -0.05) is 31.2 Å². The van der Waals surface area contributed by atoms with Crippen LogP contribution in [0, 0.1) is 11.3 Å². The lowest BCUT2D eigenvalue weighted by atomic mass is 9.94. The number of amides is 2. The van der Waals surface area contributed by atoms with Gasteiger partial charge in [-0.15, -0.1) is 0 Å². The summed E-state index contributed by atoms with van der Waals surface area (Å²) in [5.74, 6) is -0.607. The first kappa shape index (κ1) is 19.6. The number of nitriles is 1. The molecule has 1 unspecified atom stereocenters. The maximum atomic E-state index is 13.1. The zero-order valence-electron chi connectivity index (χ0n) is 16.5. The van der Waals surface area contributed by atoms with Crippen LogP contribution in [-0.4, -0.2) is 22.8 Å². The van der Waals surface area contributed by atoms with Crippen LogP contribution in [0.15, 0.2) is 42.5 Å². The van der Waals surface area contributed by atoms with E-state index in [1.165, 1.54) is 0 Å². The first-order valence-corrected chi connectivity index (χ1v) is 9.65. The smallest absolute Gasteiger partial charge is 0.232 e. The van der Waals surface area contributed by atoms with Gasteiger partial charge in [0.15, 0.2) is 0 Å². The molecule has 2 aromatic carbocycles. The fourth-order valence-electron chi connectivity index (χ4n) is 3.53. The molecule has 0 saturated heterocycles. The molecule has 0 aliphatic carbocycles. The third kappa shape index (κ3) is 4.07. The van der Waals surface area contributed by atoms with Gasteiger partial charge < -0.3 is 10.2 Å². The highest BCUT2D eigenvalue weighted by molar-refractivity contribution is 6.05. The number of carbonyl (C=O) groups excluding carboxylic acids is 2. The molecule has 0 fully saturated rings. The Morgan fingerprint density at radius 2 is 1.86 bits per heavy atom. The predicted octanol–water partition coefficient (Wildman–Crippen LogP) is 3.98. The summed E-state index contributed by atoms with van der Waals surface area (Å²) in [6.45, 7) is 6.47. The van der Waals surface area contributed by atoms with Crippen molar-refractivity contribution < 1.29 is 9.59 Å². The Hall–Kier alpha value is -3.13. The molecule has 1 atom stereocenters. The van der Waals surface area contributed by atoms with Crippen molar-refractivity contribution >= 4 is 17.5 Å². The van der Waals surface area contributed by atoms with Gasteiger partial charge in [0, 0.05) is 24.7 Å². The molecule has 0 aromatic heterocycles. The van der Waals surface area contributed by atoms with E-state index in [1.54, 1.807) is 17.0 Å². The summed E-state index contributed by atoms with van der Waals surface area (Å²) in [5, 5.41) is 11.8. The molecule has 144 valence electrons. The Bertz CT molecular complexity index is 926. The monoisotopic (exact) mass is 375 g/mol. The molecule has 5 nitrogen and oxygen atoms in total. The van der Waals surface area contributed by atoms with Crippen molar-refractivity contribution in [3.63, 3.8) is 0 Å². The second-order valence-corrected chi connectivity index (χ2v) is 7.45. The number of nitrogens with one attached hydrogen (secondary N) is 1. The Labute approximate surface area is 166 Å². The van der Waals surface area contributed by atoms with Crippen molar-refractivity contribution in [2.75, 3.05) is 5.32 Å². The molecule has 1 N–H and O–H groups in total. The summed E-state index contributed by atoms with van der Waals surface area (Å²) in [4.78, 5) is 27.3. The summed E-state index contributed by atoms with van der Waals surface area (Å²) >= 11 is 0. The molecule has 3 rings (SSSR count). The highest BCUT2D eigenvalue weighted by Crippen LogP contribution is 2.36. The number of rotatable bonds is 6. The van der Waals surface area contributed by atoms with Gasteiger partial charge in [-0.2, -0.15) is 5.26 Å². The van der Waals surface area contributed by atoms with Crippen LogP contribution in [0.25, 0.3) is 0 Å². The molecule has 0 spiro atoms. The zero-order valence-corrected chi connectivity index (χ0v) is 16.5. The summed E-state index contributed by atoms with van der Waals surface area (Å²) in [5.41, 5.74) is 4.44. The molecule has 1 aliphatic heterocycles. The Morgan fingerprint density at radius 1 is 1.18 bits per heavy atom. The predicted molar refractivity (Wildman–Crippen MR) is 109 cm³/mol. The molecule has 0 bridgehead atoms. The number of hydrogen-bond acceptors (Lipinski definition) is 3. The third-order valence-electron chi connectivity index (χ3n) is 5.23. The van der Waals surface area contributed by atoms with Crippen molar-refractivity contribution in [3.8, 4) is 6.07 Å². The fourth-order valence-corrected chi connectivity index (χ4v) is 3.53. The molecule has 1 heterocycles. The highest BCUT2D eigenvalue weighted by Gasteiger charge is 2.34. The van der Waals surface area contributed by atoms with Crippen molar-refractivity contribution in [3.05, 3.63) is 64.7 Å². The van der Waals surface area contributed by atoms with Crippen molar-refractivity contribution in [1.82, 2.24) is 4.90 Å². The van der Waals surface area contributed by atoms with E-state index in [2.05, 4.69) is 18.3 Å². The van der Waals surface area contributed by atoms with Gasteiger partial charge in [0.25, 0.3) is 0 Å². The van der Waals surface area contributed by atoms with Crippen LogP contribution in [-0.2, 0) is 22.6 Å². The topological polar surface area (TPSA) is 73.2 Å². The lowest BCUT2D eigenvalue weighted by Gasteiger charge is -2.28. The van der Waals surface area contributed by atoms with Crippen LogP contribution in [0.1, 0.15) is 55.4 Å². The van der Waals surface area contributed by atoms with Crippen LogP contribution >= 0.6 is 0 Å². The van der Waals surface area contributed by atoms with Crippen molar-refractivity contribution in [2.24, 2.45) is 0 Å². The van der Waals surface area contributed by atoms with Crippen LogP contribution in [0.2, 0.25) is 0 Å². The van der Waals surface area contributed by atoms with Gasteiger partial charge in [-0.3, -0.25) is 9.59 Å². The maximum absolute atomic E-state index is 13.1. The van der Waals surface area contributed by atoms with Crippen LogP contribution < -0.4 is 5.32 Å². The van der Waals surface area contributed by atoms with Gasteiger partial charge >= 0.3 is 0 Å². The van der Waals surface area contributed by atoms with Crippen molar-refractivity contribution in [2.45, 2.75) is 52.1 Å². The minimum atomic E-state index is -0.448. The van der Waals surface area contributed by atoms with E-state index in [9.17, 15) is 9.59 Å². The second-order valence-electron chi connectivity index (χ2n) is 7.45. The minimum absolute atomic E-state index is 0.00838. The van der Waals surface area contributed by atoms with Gasteiger partial charge in [0.1, 0.15) is 0 Å². The van der Waals surface area contributed by atoms with Gasteiger partial charge in [-0.05, 0) is 55.2 Å². The molecule has 28 heavy (non-hydrogen) atoms. The fraction of sp³-hybridized carbons (Fsp3) is 0.348. The number of nitrogens with zero attached hydrogens (tertiary/aromatic N) is 2. The average molecular weight is 375 g/mol. The number of fused-ring (bicyclic) bond motifs is 1. The number of carbonyl (C=O) groups is 2. The summed E-state index contributed by atoms with van der Waals surface area (Å²) < 4.78 is 0. The van der Waals surface area contributed by atoms with Crippen LogP contribution in [0.4, 0.5) is 5.69 Å². The molecule has 2 amide bonds. The van der Waals surface area contributed by atoms with E-state index in [0.717, 1.165) is 28.8 Å². The molecule has 1 aliphatic rings. The van der Waals surface area contributed by atoms with E-state index in [-0.39, 0.29) is 24.3 Å². The molecule has 0 saturated carbocycles. The van der Waals surface area contributed by atoms with Crippen LogP contribution in [0.3, 0.4) is 0 Å². The van der Waals surface area contributed by atoms with E-state index in [0.29, 0.717) is 12.1 Å². The SMILES string of the molecule is CCc1ccc2c(c1)C(CC(=O)N(Cc1ccc(C#N)cc1)C(C)C)C(=O)N2.